The van der Waals surface area contributed by atoms with Gasteiger partial charge in [-0.05, 0) is 19.4 Å². The first-order chi connectivity index (χ1) is 8.18. The first kappa shape index (κ1) is 15.2. The Morgan fingerprint density at radius 1 is 1.11 bits per heavy atom. The van der Waals surface area contributed by atoms with Crippen molar-refractivity contribution in [2.45, 2.75) is 19.8 Å². The van der Waals surface area contributed by atoms with Gasteiger partial charge in [0, 0.05) is 39.6 Å². The van der Waals surface area contributed by atoms with Gasteiger partial charge >= 0.3 is 0 Å². The molecule has 0 aromatic rings. The van der Waals surface area contributed by atoms with Crippen LogP contribution in [0.5, 0.6) is 0 Å². The summed E-state index contributed by atoms with van der Waals surface area (Å²) < 4.78 is 0. The summed E-state index contributed by atoms with van der Waals surface area (Å²) in [5, 5.41) is 3.27. The molecule has 18 heavy (non-hydrogen) atoms. The van der Waals surface area contributed by atoms with Gasteiger partial charge in [-0.1, -0.05) is 0 Å². The summed E-state index contributed by atoms with van der Waals surface area (Å²) in [6.45, 7) is 6.17. The van der Waals surface area contributed by atoms with Crippen LogP contribution in [0, 0.1) is 5.92 Å². The van der Waals surface area contributed by atoms with Crippen LogP contribution in [-0.2, 0) is 9.59 Å². The van der Waals surface area contributed by atoms with Crippen LogP contribution in [0.4, 0.5) is 0 Å². The predicted molar refractivity (Wildman–Crippen MR) is 71.7 cm³/mol. The molecule has 0 aromatic heterocycles. The zero-order valence-corrected chi connectivity index (χ0v) is 11.7. The molecule has 2 aliphatic heterocycles. The van der Waals surface area contributed by atoms with Crippen LogP contribution in [0.25, 0.3) is 0 Å². The van der Waals surface area contributed by atoms with E-state index < -0.39 is 0 Å². The van der Waals surface area contributed by atoms with E-state index in [1.54, 1.807) is 6.92 Å². The van der Waals surface area contributed by atoms with E-state index in [1.165, 1.54) is 0 Å². The molecule has 2 rings (SSSR count). The highest BCUT2D eigenvalue weighted by Crippen LogP contribution is 2.15. The third kappa shape index (κ3) is 3.59. The van der Waals surface area contributed by atoms with E-state index in [2.05, 4.69) is 5.32 Å². The second-order valence-corrected chi connectivity index (χ2v) is 4.87. The average Bonchev–Trinajstić information content (AvgIpc) is 2.39. The monoisotopic (exact) mass is 275 g/mol. The van der Waals surface area contributed by atoms with Crippen molar-refractivity contribution < 1.29 is 9.59 Å². The van der Waals surface area contributed by atoms with Crippen molar-refractivity contribution >= 4 is 24.2 Å². The van der Waals surface area contributed by atoms with Crippen LogP contribution >= 0.6 is 12.4 Å². The first-order valence-corrected chi connectivity index (χ1v) is 6.43. The second-order valence-electron chi connectivity index (χ2n) is 4.87. The van der Waals surface area contributed by atoms with E-state index in [9.17, 15) is 9.59 Å². The Bertz CT molecular complexity index is 298. The van der Waals surface area contributed by atoms with Crippen LogP contribution in [0.3, 0.4) is 0 Å². The lowest BCUT2D eigenvalue weighted by atomic mass is 9.98. The molecule has 2 heterocycles. The maximum absolute atomic E-state index is 12.2. The summed E-state index contributed by atoms with van der Waals surface area (Å²) in [5.74, 6) is 0.518. The Balaban J connectivity index is 0.00000162. The molecule has 2 aliphatic rings. The minimum absolute atomic E-state index is 0. The summed E-state index contributed by atoms with van der Waals surface area (Å²) >= 11 is 0. The lowest BCUT2D eigenvalue weighted by molar-refractivity contribution is -0.141. The molecule has 0 spiro atoms. The fraction of sp³-hybridized carbons (Fsp3) is 0.833. The summed E-state index contributed by atoms with van der Waals surface area (Å²) in [6.07, 6.45) is 2.09. The number of amides is 2. The van der Waals surface area contributed by atoms with Gasteiger partial charge in [0.25, 0.3) is 0 Å². The van der Waals surface area contributed by atoms with Gasteiger partial charge in [0.1, 0.15) is 0 Å². The standard InChI is InChI=1S/C12H21N3O2.ClH/c1-10(16)14-5-7-15(8-6-14)12(17)11-3-2-4-13-9-11;/h11,13H,2-9H2,1H3;1H/t11-;/m1./s1. The molecule has 0 aromatic carbocycles. The van der Waals surface area contributed by atoms with E-state index in [1.807, 2.05) is 9.80 Å². The highest BCUT2D eigenvalue weighted by molar-refractivity contribution is 5.85. The highest BCUT2D eigenvalue weighted by atomic mass is 35.5. The van der Waals surface area contributed by atoms with Gasteiger partial charge in [-0.2, -0.15) is 0 Å². The van der Waals surface area contributed by atoms with Crippen LogP contribution in [-0.4, -0.2) is 60.9 Å². The van der Waals surface area contributed by atoms with Crippen molar-refractivity contribution in [1.82, 2.24) is 15.1 Å². The summed E-state index contributed by atoms with van der Waals surface area (Å²) in [4.78, 5) is 27.1. The third-order valence-corrected chi connectivity index (χ3v) is 3.68. The molecule has 0 bridgehead atoms. The van der Waals surface area contributed by atoms with Crippen molar-refractivity contribution in [3.8, 4) is 0 Å². The molecule has 1 N–H and O–H groups in total. The maximum atomic E-state index is 12.2. The lowest BCUT2D eigenvalue weighted by Gasteiger charge is -2.36. The van der Waals surface area contributed by atoms with E-state index in [-0.39, 0.29) is 30.1 Å². The smallest absolute Gasteiger partial charge is 0.227 e. The molecular formula is C12H22ClN3O2. The topological polar surface area (TPSA) is 52.7 Å². The molecule has 6 heteroatoms. The number of piperazine rings is 1. The fourth-order valence-corrected chi connectivity index (χ4v) is 2.56. The number of piperidine rings is 1. The SMILES string of the molecule is CC(=O)N1CCN(C(=O)[C@@H]2CCCNC2)CC1.Cl. The minimum atomic E-state index is 0. The summed E-state index contributed by atoms with van der Waals surface area (Å²) in [7, 11) is 0. The zero-order valence-electron chi connectivity index (χ0n) is 10.9. The Hall–Kier alpha value is -0.810. The molecule has 1 atom stereocenters. The third-order valence-electron chi connectivity index (χ3n) is 3.68. The number of carbonyl (C=O) groups is 2. The van der Waals surface area contributed by atoms with Crippen LogP contribution < -0.4 is 5.32 Å². The molecular weight excluding hydrogens is 254 g/mol. The van der Waals surface area contributed by atoms with Crippen molar-refractivity contribution in [2.24, 2.45) is 5.92 Å². The van der Waals surface area contributed by atoms with Crippen molar-refractivity contribution in [2.75, 3.05) is 39.3 Å². The quantitative estimate of drug-likeness (QED) is 0.738. The number of rotatable bonds is 1. The maximum Gasteiger partial charge on any atom is 0.227 e. The molecule has 2 saturated heterocycles. The average molecular weight is 276 g/mol. The highest BCUT2D eigenvalue weighted by Gasteiger charge is 2.28. The van der Waals surface area contributed by atoms with Gasteiger partial charge in [-0.3, -0.25) is 9.59 Å². The van der Waals surface area contributed by atoms with E-state index in [0.29, 0.717) is 26.2 Å². The van der Waals surface area contributed by atoms with E-state index in [4.69, 9.17) is 0 Å². The normalized spacial score (nSPS) is 24.4. The van der Waals surface area contributed by atoms with Gasteiger partial charge in [-0.25, -0.2) is 0 Å². The minimum Gasteiger partial charge on any atom is -0.339 e. The molecule has 2 amide bonds. The van der Waals surface area contributed by atoms with Crippen molar-refractivity contribution in [1.29, 1.82) is 0 Å². The molecule has 0 unspecified atom stereocenters. The van der Waals surface area contributed by atoms with Gasteiger partial charge in [0.15, 0.2) is 0 Å². The second kappa shape index (κ2) is 6.95. The van der Waals surface area contributed by atoms with Gasteiger partial charge < -0.3 is 15.1 Å². The van der Waals surface area contributed by atoms with Gasteiger partial charge in [0.2, 0.25) is 11.8 Å². The number of nitrogens with zero attached hydrogens (tertiary/aromatic N) is 2. The number of hydrogen-bond donors (Lipinski definition) is 1. The molecule has 0 aliphatic carbocycles. The number of nitrogens with one attached hydrogen (secondary N) is 1. The Kier molecular flexibility index (Phi) is 5.88. The predicted octanol–water partition coefficient (Wildman–Crippen LogP) is 0.0985. The first-order valence-electron chi connectivity index (χ1n) is 6.43. The lowest BCUT2D eigenvalue weighted by Crippen LogP contribution is -2.53. The molecule has 0 radical (unpaired) electrons. The Labute approximate surface area is 114 Å². The number of carbonyl (C=O) groups excluding carboxylic acids is 2. The van der Waals surface area contributed by atoms with Crippen LogP contribution in [0.2, 0.25) is 0 Å². The van der Waals surface area contributed by atoms with Crippen LogP contribution in [0.1, 0.15) is 19.8 Å². The number of hydrogen-bond acceptors (Lipinski definition) is 3. The van der Waals surface area contributed by atoms with Crippen molar-refractivity contribution in [3.05, 3.63) is 0 Å². The van der Waals surface area contributed by atoms with Crippen LogP contribution in [0.15, 0.2) is 0 Å². The molecule has 2 fully saturated rings. The summed E-state index contributed by atoms with van der Waals surface area (Å²) in [6, 6.07) is 0. The molecule has 104 valence electrons. The Morgan fingerprint density at radius 2 is 1.72 bits per heavy atom. The summed E-state index contributed by atoms with van der Waals surface area (Å²) in [5.41, 5.74) is 0. The largest absolute Gasteiger partial charge is 0.339 e. The van der Waals surface area contributed by atoms with E-state index in [0.717, 1.165) is 25.9 Å². The van der Waals surface area contributed by atoms with Gasteiger partial charge in [0.05, 0.1) is 5.92 Å². The van der Waals surface area contributed by atoms with Gasteiger partial charge in [-0.15, -0.1) is 12.4 Å². The molecule has 0 saturated carbocycles. The molecule has 5 nitrogen and oxygen atoms in total. The fourth-order valence-electron chi connectivity index (χ4n) is 2.56. The number of halogens is 1. The zero-order chi connectivity index (χ0) is 12.3. The van der Waals surface area contributed by atoms with E-state index >= 15 is 0 Å². The van der Waals surface area contributed by atoms with Crippen molar-refractivity contribution in [3.63, 3.8) is 0 Å². The Morgan fingerprint density at radius 3 is 2.22 bits per heavy atom.